The van der Waals surface area contributed by atoms with Gasteiger partial charge in [0.2, 0.25) is 0 Å². The molecular weight excluding hydrogens is 280 g/mol. The largest absolute Gasteiger partial charge is 0.497 e. The predicted octanol–water partition coefficient (Wildman–Crippen LogP) is 2.19. The van der Waals surface area contributed by atoms with Gasteiger partial charge in [0.15, 0.2) is 11.9 Å². The van der Waals surface area contributed by atoms with E-state index in [1.807, 2.05) is 37.5 Å². The summed E-state index contributed by atoms with van der Waals surface area (Å²) in [6.45, 7) is 0.735. The summed E-state index contributed by atoms with van der Waals surface area (Å²) in [6.07, 6.45) is 5.88. The third kappa shape index (κ3) is 2.63. The molecule has 0 atom stereocenters. The maximum atomic E-state index is 10.9. The fourth-order valence-electron chi connectivity index (χ4n) is 2.26. The number of fused-ring (bicyclic) bond motifs is 1. The lowest BCUT2D eigenvalue weighted by atomic mass is 10.2. The van der Waals surface area contributed by atoms with E-state index in [1.165, 1.54) is 6.20 Å². The Balaban J connectivity index is 1.81. The Bertz CT molecular complexity index is 796. The Morgan fingerprint density at radius 3 is 2.73 bits per heavy atom. The summed E-state index contributed by atoms with van der Waals surface area (Å²) in [5.41, 5.74) is 3.14. The molecule has 3 aromatic rings. The molecule has 0 unspecified atom stereocenters. The van der Waals surface area contributed by atoms with Crippen molar-refractivity contribution >= 4 is 17.6 Å². The van der Waals surface area contributed by atoms with E-state index in [-0.39, 0.29) is 0 Å². The van der Waals surface area contributed by atoms with Gasteiger partial charge in [0, 0.05) is 13.6 Å². The van der Waals surface area contributed by atoms with E-state index in [9.17, 15) is 4.79 Å². The van der Waals surface area contributed by atoms with E-state index in [0.717, 1.165) is 29.8 Å². The highest BCUT2D eigenvalue weighted by atomic mass is 16.5. The van der Waals surface area contributed by atoms with Gasteiger partial charge >= 0.3 is 0 Å². The van der Waals surface area contributed by atoms with E-state index in [4.69, 9.17) is 4.74 Å². The second-order valence-electron chi connectivity index (χ2n) is 5.00. The smallest absolute Gasteiger partial charge is 0.165 e. The lowest BCUT2D eigenvalue weighted by molar-refractivity contribution is 0.112. The van der Waals surface area contributed by atoms with Crippen molar-refractivity contribution in [1.82, 2.24) is 14.6 Å². The second kappa shape index (κ2) is 5.85. The van der Waals surface area contributed by atoms with Gasteiger partial charge in [-0.2, -0.15) is 5.10 Å². The van der Waals surface area contributed by atoms with Crippen LogP contribution in [-0.4, -0.2) is 35.0 Å². The number of aldehydes is 1. The van der Waals surface area contributed by atoms with Gasteiger partial charge in [0.1, 0.15) is 5.75 Å². The number of rotatable bonds is 5. The van der Waals surface area contributed by atoms with E-state index < -0.39 is 0 Å². The first-order chi connectivity index (χ1) is 10.7. The van der Waals surface area contributed by atoms with E-state index in [0.29, 0.717) is 11.2 Å². The summed E-state index contributed by atoms with van der Waals surface area (Å²) >= 11 is 0. The highest BCUT2D eigenvalue weighted by Crippen LogP contribution is 2.18. The molecule has 0 radical (unpaired) electrons. The van der Waals surface area contributed by atoms with Crippen molar-refractivity contribution in [3.63, 3.8) is 0 Å². The third-order valence-corrected chi connectivity index (χ3v) is 3.52. The Morgan fingerprint density at radius 1 is 1.27 bits per heavy atom. The van der Waals surface area contributed by atoms with Crippen molar-refractivity contribution in [2.24, 2.45) is 0 Å². The molecule has 0 N–H and O–H groups in total. The molecule has 0 saturated heterocycles. The quantitative estimate of drug-likeness (QED) is 0.675. The monoisotopic (exact) mass is 296 g/mol. The number of carbonyl (C=O) groups excluding carboxylic acids is 1. The molecule has 3 rings (SSSR count). The first-order valence-electron chi connectivity index (χ1n) is 6.84. The van der Waals surface area contributed by atoms with Crippen LogP contribution in [0.15, 0.2) is 42.9 Å². The first-order valence-corrected chi connectivity index (χ1v) is 6.84. The summed E-state index contributed by atoms with van der Waals surface area (Å²) in [5.74, 6) is 0.840. The number of aromatic nitrogens is 3. The number of anilines is 1. The van der Waals surface area contributed by atoms with Crippen LogP contribution in [0.3, 0.4) is 0 Å². The van der Waals surface area contributed by atoms with Crippen molar-refractivity contribution in [3.8, 4) is 5.75 Å². The van der Waals surface area contributed by atoms with Gasteiger partial charge in [0.25, 0.3) is 0 Å². The molecule has 0 spiro atoms. The lowest BCUT2D eigenvalue weighted by Crippen LogP contribution is -2.17. The number of benzene rings is 1. The van der Waals surface area contributed by atoms with Gasteiger partial charge in [-0.25, -0.2) is 9.50 Å². The normalized spacial score (nSPS) is 10.6. The van der Waals surface area contributed by atoms with Crippen LogP contribution in [0.2, 0.25) is 0 Å². The van der Waals surface area contributed by atoms with Crippen LogP contribution >= 0.6 is 0 Å². The van der Waals surface area contributed by atoms with Gasteiger partial charge < -0.3 is 9.64 Å². The van der Waals surface area contributed by atoms with E-state index in [2.05, 4.69) is 15.0 Å². The highest BCUT2D eigenvalue weighted by Gasteiger charge is 2.08. The molecule has 112 valence electrons. The summed E-state index contributed by atoms with van der Waals surface area (Å²) in [6, 6.07) is 7.93. The number of ether oxygens (including phenoxy) is 1. The summed E-state index contributed by atoms with van der Waals surface area (Å²) in [5, 5.41) is 4.14. The van der Waals surface area contributed by atoms with Crippen LogP contribution in [0, 0.1) is 0 Å². The molecular formula is C16H16N4O2. The average molecular weight is 296 g/mol. The summed E-state index contributed by atoms with van der Waals surface area (Å²) in [4.78, 5) is 17.3. The van der Waals surface area contributed by atoms with Crippen LogP contribution in [0.4, 0.5) is 5.69 Å². The molecule has 0 aliphatic carbocycles. The Hall–Kier alpha value is -2.89. The van der Waals surface area contributed by atoms with Gasteiger partial charge in [-0.15, -0.1) is 0 Å². The van der Waals surface area contributed by atoms with Gasteiger partial charge in [-0.3, -0.25) is 4.79 Å². The van der Waals surface area contributed by atoms with Crippen molar-refractivity contribution in [2.45, 2.75) is 6.54 Å². The van der Waals surface area contributed by atoms with E-state index in [1.54, 1.807) is 17.8 Å². The topological polar surface area (TPSA) is 59.7 Å². The summed E-state index contributed by atoms with van der Waals surface area (Å²) < 4.78 is 6.77. The Morgan fingerprint density at radius 2 is 2.05 bits per heavy atom. The first kappa shape index (κ1) is 14.1. The molecule has 6 nitrogen and oxygen atoms in total. The van der Waals surface area contributed by atoms with Crippen LogP contribution < -0.4 is 9.64 Å². The highest BCUT2D eigenvalue weighted by molar-refractivity contribution is 5.83. The number of nitrogens with zero attached hydrogens (tertiary/aromatic N) is 4. The molecule has 0 aliphatic heterocycles. The molecule has 0 saturated carbocycles. The van der Waals surface area contributed by atoms with Crippen molar-refractivity contribution in [2.75, 3.05) is 19.1 Å². The predicted molar refractivity (Wildman–Crippen MR) is 83.5 cm³/mol. The fourth-order valence-corrected chi connectivity index (χ4v) is 2.26. The average Bonchev–Trinajstić information content (AvgIpc) is 2.97. The number of hydrogen-bond acceptors (Lipinski definition) is 5. The molecule has 2 aromatic heterocycles. The lowest BCUT2D eigenvalue weighted by Gasteiger charge is -2.19. The third-order valence-electron chi connectivity index (χ3n) is 3.52. The Labute approximate surface area is 128 Å². The zero-order chi connectivity index (χ0) is 15.5. The molecule has 0 fully saturated rings. The second-order valence-corrected chi connectivity index (χ2v) is 5.00. The molecule has 6 heteroatoms. The number of hydrogen-bond donors (Lipinski definition) is 0. The van der Waals surface area contributed by atoms with E-state index >= 15 is 0 Å². The Kier molecular flexibility index (Phi) is 3.74. The van der Waals surface area contributed by atoms with Gasteiger partial charge in [-0.1, -0.05) is 12.1 Å². The van der Waals surface area contributed by atoms with Crippen LogP contribution in [-0.2, 0) is 6.54 Å². The zero-order valence-electron chi connectivity index (χ0n) is 12.4. The van der Waals surface area contributed by atoms with Gasteiger partial charge in [0.05, 0.1) is 37.0 Å². The van der Waals surface area contributed by atoms with Crippen LogP contribution in [0.1, 0.15) is 15.9 Å². The molecule has 0 aliphatic rings. The van der Waals surface area contributed by atoms with Crippen LogP contribution in [0.5, 0.6) is 5.75 Å². The van der Waals surface area contributed by atoms with Gasteiger partial charge in [-0.05, 0) is 17.7 Å². The van der Waals surface area contributed by atoms with Crippen LogP contribution in [0.25, 0.3) is 5.65 Å². The number of methoxy groups -OCH3 is 1. The molecule has 0 bridgehead atoms. The SMILES string of the molecule is COc1ccc(CN(C)c2cnc3c(C=O)cnn3c2)cc1. The molecule has 22 heavy (non-hydrogen) atoms. The van der Waals surface area contributed by atoms with Crippen molar-refractivity contribution < 1.29 is 9.53 Å². The zero-order valence-corrected chi connectivity index (χ0v) is 12.4. The minimum absolute atomic E-state index is 0.490. The van der Waals surface area contributed by atoms with Crippen molar-refractivity contribution in [3.05, 3.63) is 54.0 Å². The summed E-state index contributed by atoms with van der Waals surface area (Å²) in [7, 11) is 3.64. The fraction of sp³-hybridized carbons (Fsp3) is 0.188. The minimum Gasteiger partial charge on any atom is -0.497 e. The molecule has 1 aromatic carbocycles. The van der Waals surface area contributed by atoms with Crippen molar-refractivity contribution in [1.29, 1.82) is 0 Å². The minimum atomic E-state index is 0.490. The standard InChI is InChI=1S/C16H16N4O2/c1-19(9-12-3-5-15(22-2)6-4-12)14-8-17-16-13(11-21)7-18-20(16)10-14/h3-8,10-11H,9H2,1-2H3. The number of carbonyl (C=O) groups is 1. The molecule has 0 amide bonds. The molecule has 2 heterocycles. The maximum absolute atomic E-state index is 10.9. The maximum Gasteiger partial charge on any atom is 0.165 e.